The maximum atomic E-state index is 4.37. The Labute approximate surface area is 121 Å². The molecule has 1 N–H and O–H groups in total. The fraction of sp³-hybridized carbons (Fsp3) is 0.571. The largest absolute Gasteiger partial charge is 0.308 e. The Hall–Kier alpha value is -0.780. The summed E-state index contributed by atoms with van der Waals surface area (Å²) in [6.07, 6.45) is 7.84. The molecule has 2 aromatic heterocycles. The highest BCUT2D eigenvalue weighted by Crippen LogP contribution is 2.36. The topological polar surface area (TPSA) is 37.8 Å². The molecule has 0 aliphatic heterocycles. The minimum absolute atomic E-state index is 0.737. The summed E-state index contributed by atoms with van der Waals surface area (Å²) in [5.41, 5.74) is 1.55. The second-order valence-corrected chi connectivity index (χ2v) is 7.62. The number of hydrogen-bond donors (Lipinski definition) is 1. The summed E-state index contributed by atoms with van der Waals surface area (Å²) >= 11 is 3.67. The monoisotopic (exact) mass is 291 g/mol. The lowest BCUT2D eigenvalue weighted by atomic mass is 9.99. The molecule has 2 aliphatic rings. The predicted molar refractivity (Wildman–Crippen MR) is 79.7 cm³/mol. The molecule has 2 heterocycles. The molecule has 0 aromatic carbocycles. The summed E-state index contributed by atoms with van der Waals surface area (Å²) in [4.78, 5) is 2.90. The van der Waals surface area contributed by atoms with Crippen LogP contribution in [0.5, 0.6) is 0 Å². The van der Waals surface area contributed by atoms with Crippen LogP contribution in [-0.2, 0) is 19.4 Å². The zero-order chi connectivity index (χ0) is 12.7. The van der Waals surface area contributed by atoms with E-state index in [0.717, 1.165) is 22.6 Å². The fourth-order valence-corrected chi connectivity index (χ4v) is 4.62. The smallest absolute Gasteiger partial charge is 0.157 e. The zero-order valence-electron chi connectivity index (χ0n) is 10.8. The molecular weight excluding hydrogens is 274 g/mol. The van der Waals surface area contributed by atoms with Gasteiger partial charge in [0.15, 0.2) is 5.01 Å². The van der Waals surface area contributed by atoms with Crippen molar-refractivity contribution >= 4 is 22.7 Å². The second-order valence-electron chi connectivity index (χ2n) is 5.42. The van der Waals surface area contributed by atoms with E-state index >= 15 is 0 Å². The van der Waals surface area contributed by atoms with Crippen LogP contribution in [0, 0.1) is 0 Å². The number of aromatic nitrogens is 2. The van der Waals surface area contributed by atoms with Crippen LogP contribution in [0.4, 0.5) is 0 Å². The molecule has 100 valence electrons. The third-order valence-corrected chi connectivity index (χ3v) is 6.12. The first-order valence-electron chi connectivity index (χ1n) is 7.06. The van der Waals surface area contributed by atoms with Crippen molar-refractivity contribution in [2.75, 3.05) is 0 Å². The Morgan fingerprint density at radius 2 is 2.05 bits per heavy atom. The first-order valence-corrected chi connectivity index (χ1v) is 8.69. The van der Waals surface area contributed by atoms with Crippen molar-refractivity contribution in [3.63, 3.8) is 0 Å². The van der Waals surface area contributed by atoms with Gasteiger partial charge >= 0.3 is 0 Å². The fourth-order valence-electron chi connectivity index (χ4n) is 2.54. The Morgan fingerprint density at radius 3 is 2.89 bits per heavy atom. The lowest BCUT2D eigenvalue weighted by Gasteiger charge is -2.08. The van der Waals surface area contributed by atoms with E-state index in [2.05, 4.69) is 21.6 Å². The van der Waals surface area contributed by atoms with Crippen molar-refractivity contribution in [3.05, 3.63) is 21.5 Å². The Bertz CT molecular complexity index is 560. The predicted octanol–water partition coefficient (Wildman–Crippen LogP) is 3.40. The Morgan fingerprint density at radius 1 is 1.16 bits per heavy atom. The van der Waals surface area contributed by atoms with Crippen molar-refractivity contribution in [3.8, 4) is 9.88 Å². The van der Waals surface area contributed by atoms with E-state index in [-0.39, 0.29) is 0 Å². The highest BCUT2D eigenvalue weighted by Gasteiger charge is 2.21. The van der Waals surface area contributed by atoms with Gasteiger partial charge in [-0.15, -0.1) is 21.5 Å². The van der Waals surface area contributed by atoms with Crippen molar-refractivity contribution in [1.29, 1.82) is 0 Å². The lowest BCUT2D eigenvalue weighted by molar-refractivity contribution is 0.679. The van der Waals surface area contributed by atoms with E-state index < -0.39 is 0 Å². The molecule has 0 amide bonds. The number of fused-ring (bicyclic) bond motifs is 1. The standard InChI is InChI=1S/C14H17N3S2/c1-2-4-11-9(3-1)7-12(18-11)14-17-16-13(19-14)8-15-10-5-6-10/h7,10,15H,1-6,8H2. The molecule has 0 unspecified atom stereocenters. The highest BCUT2D eigenvalue weighted by molar-refractivity contribution is 7.21. The molecule has 2 aromatic rings. The van der Waals surface area contributed by atoms with E-state index in [1.54, 1.807) is 21.8 Å². The molecule has 0 spiro atoms. The van der Waals surface area contributed by atoms with Crippen LogP contribution < -0.4 is 5.32 Å². The molecule has 4 rings (SSSR count). The third kappa shape index (κ3) is 2.59. The quantitative estimate of drug-likeness (QED) is 0.938. The van der Waals surface area contributed by atoms with Gasteiger partial charge in [-0.2, -0.15) is 0 Å². The van der Waals surface area contributed by atoms with Gasteiger partial charge in [-0.05, 0) is 50.2 Å². The van der Waals surface area contributed by atoms with Gasteiger partial charge < -0.3 is 5.32 Å². The first kappa shape index (κ1) is 12.0. The molecule has 3 nitrogen and oxygen atoms in total. The third-order valence-electron chi connectivity index (χ3n) is 3.79. The molecule has 5 heteroatoms. The Kier molecular flexibility index (Phi) is 3.13. The van der Waals surface area contributed by atoms with Crippen LogP contribution in [0.2, 0.25) is 0 Å². The van der Waals surface area contributed by atoms with Crippen LogP contribution in [0.1, 0.15) is 41.1 Å². The molecular formula is C14H17N3S2. The summed E-state index contributed by atoms with van der Waals surface area (Å²) in [6.45, 7) is 0.882. The zero-order valence-corrected chi connectivity index (χ0v) is 12.4. The van der Waals surface area contributed by atoms with E-state index in [1.807, 2.05) is 11.3 Å². The molecule has 0 atom stereocenters. The average Bonchev–Trinajstić information content (AvgIpc) is 2.99. The van der Waals surface area contributed by atoms with Gasteiger partial charge in [0.25, 0.3) is 0 Å². The minimum atomic E-state index is 0.737. The summed E-state index contributed by atoms with van der Waals surface area (Å²) < 4.78 is 0. The summed E-state index contributed by atoms with van der Waals surface area (Å²) in [7, 11) is 0. The van der Waals surface area contributed by atoms with Crippen molar-refractivity contribution in [2.24, 2.45) is 0 Å². The molecule has 1 fully saturated rings. The second kappa shape index (κ2) is 4.96. The minimum Gasteiger partial charge on any atom is -0.308 e. The Balaban J connectivity index is 1.52. The highest BCUT2D eigenvalue weighted by atomic mass is 32.1. The van der Waals surface area contributed by atoms with Crippen LogP contribution in [0.25, 0.3) is 9.88 Å². The number of nitrogens with one attached hydrogen (secondary N) is 1. The summed E-state index contributed by atoms with van der Waals surface area (Å²) in [5, 5.41) is 14.4. The maximum absolute atomic E-state index is 4.37. The number of aryl methyl sites for hydroxylation is 2. The van der Waals surface area contributed by atoms with Gasteiger partial charge in [-0.25, -0.2) is 0 Å². The van der Waals surface area contributed by atoms with Crippen LogP contribution in [0.15, 0.2) is 6.07 Å². The number of rotatable bonds is 4. The maximum Gasteiger partial charge on any atom is 0.157 e. The summed E-state index contributed by atoms with van der Waals surface area (Å²) in [6, 6.07) is 3.08. The molecule has 0 radical (unpaired) electrons. The molecule has 19 heavy (non-hydrogen) atoms. The SMILES string of the molecule is c1c(-c2nnc(CNC3CC3)s2)sc2c1CCCC2. The molecule has 0 bridgehead atoms. The van der Waals surface area contributed by atoms with Gasteiger partial charge in [-0.3, -0.25) is 0 Å². The van der Waals surface area contributed by atoms with Gasteiger partial charge in [0, 0.05) is 17.5 Å². The average molecular weight is 291 g/mol. The molecule has 0 saturated heterocycles. The van der Waals surface area contributed by atoms with Gasteiger partial charge in [0.2, 0.25) is 0 Å². The van der Waals surface area contributed by atoms with E-state index in [0.29, 0.717) is 0 Å². The van der Waals surface area contributed by atoms with Gasteiger partial charge in [-0.1, -0.05) is 11.3 Å². The first-order chi connectivity index (χ1) is 9.38. The number of hydrogen-bond acceptors (Lipinski definition) is 5. The van der Waals surface area contributed by atoms with Crippen molar-refractivity contribution in [2.45, 2.75) is 51.1 Å². The van der Waals surface area contributed by atoms with Gasteiger partial charge in [0.1, 0.15) is 5.01 Å². The van der Waals surface area contributed by atoms with E-state index in [1.165, 1.54) is 43.4 Å². The van der Waals surface area contributed by atoms with Crippen LogP contribution >= 0.6 is 22.7 Å². The molecule has 1 saturated carbocycles. The van der Waals surface area contributed by atoms with Crippen molar-refractivity contribution < 1.29 is 0 Å². The van der Waals surface area contributed by atoms with Gasteiger partial charge in [0.05, 0.1) is 4.88 Å². The lowest BCUT2D eigenvalue weighted by Crippen LogP contribution is -2.14. The molecule has 2 aliphatic carbocycles. The summed E-state index contributed by atoms with van der Waals surface area (Å²) in [5.74, 6) is 0. The normalized spacial score (nSPS) is 18.5. The van der Waals surface area contributed by atoms with E-state index in [9.17, 15) is 0 Å². The van der Waals surface area contributed by atoms with E-state index in [4.69, 9.17) is 0 Å². The van der Waals surface area contributed by atoms with Crippen LogP contribution in [-0.4, -0.2) is 16.2 Å². The number of thiophene rings is 1. The number of nitrogens with zero attached hydrogens (tertiary/aromatic N) is 2. The van der Waals surface area contributed by atoms with Crippen molar-refractivity contribution in [1.82, 2.24) is 15.5 Å². The van der Waals surface area contributed by atoms with Crippen LogP contribution in [0.3, 0.4) is 0 Å².